The lowest BCUT2D eigenvalue weighted by Crippen LogP contribution is -2.19. The lowest BCUT2D eigenvalue weighted by atomic mass is 9.79. The Morgan fingerprint density at radius 1 is 0.250 bits per heavy atom. The average molecular weight is 1670 g/mol. The fourth-order valence-corrected chi connectivity index (χ4v) is 19.2. The van der Waals surface area contributed by atoms with Gasteiger partial charge in [0.25, 0.3) is 0 Å². The first-order valence-electron chi connectivity index (χ1n) is 45.9. The van der Waals surface area contributed by atoms with Crippen molar-refractivity contribution < 1.29 is 0 Å². The lowest BCUT2D eigenvalue weighted by molar-refractivity contribution is 0.480. The number of rotatable bonds is 21. The van der Waals surface area contributed by atoms with E-state index < -0.39 is 0 Å². The molecule has 4 heteroatoms. The van der Waals surface area contributed by atoms with Gasteiger partial charge >= 0.3 is 0 Å². The minimum atomic E-state index is -0.297. The van der Waals surface area contributed by atoms with Crippen LogP contribution < -0.4 is 19.6 Å². The van der Waals surface area contributed by atoms with E-state index in [4.69, 9.17) is 0 Å². The smallest absolute Gasteiger partial charge is 0.0543 e. The van der Waals surface area contributed by atoms with Crippen LogP contribution in [0.1, 0.15) is 199 Å². The Hall–Kier alpha value is -13.5. The van der Waals surface area contributed by atoms with Gasteiger partial charge in [0, 0.05) is 78.8 Å². The summed E-state index contributed by atoms with van der Waals surface area (Å²) < 4.78 is 0. The Balaban J connectivity index is 0.554. The van der Waals surface area contributed by atoms with Gasteiger partial charge in [0.05, 0.1) is 5.69 Å². The van der Waals surface area contributed by atoms with Crippen LogP contribution in [0.5, 0.6) is 0 Å². The molecule has 128 heavy (non-hydrogen) atoms. The van der Waals surface area contributed by atoms with Gasteiger partial charge in [-0.05, 0) is 318 Å². The lowest BCUT2D eigenvalue weighted by Gasteiger charge is -2.31. The number of hydrogen-bond acceptors (Lipinski definition) is 4. The summed E-state index contributed by atoms with van der Waals surface area (Å²) in [7, 11) is 0. The second kappa shape index (κ2) is 33.7. The Morgan fingerprint density at radius 2 is 0.539 bits per heavy atom. The van der Waals surface area contributed by atoms with Gasteiger partial charge in [-0.25, -0.2) is 0 Å². The number of fused-ring (bicyclic) bond motifs is 8. The van der Waals surface area contributed by atoms with Gasteiger partial charge in [-0.2, -0.15) is 0 Å². The summed E-state index contributed by atoms with van der Waals surface area (Å²) >= 11 is 0. The Morgan fingerprint density at radius 3 is 0.922 bits per heavy atom. The minimum absolute atomic E-state index is 0.0142. The van der Waals surface area contributed by atoms with E-state index in [0.717, 1.165) is 97.7 Å². The molecule has 16 aromatic rings. The van der Waals surface area contributed by atoms with E-state index in [1.165, 1.54) is 117 Å². The summed E-state index contributed by atoms with van der Waals surface area (Å²) in [5.41, 5.74) is 41.2. The largest absolute Gasteiger partial charge is 0.311 e. The number of hydrogen-bond donors (Lipinski definition) is 0. The Labute approximate surface area is 762 Å². The molecule has 2 aliphatic rings. The molecule has 2 aliphatic carbocycles. The van der Waals surface area contributed by atoms with Gasteiger partial charge in [-0.3, -0.25) is 0 Å². The predicted octanol–water partition coefficient (Wildman–Crippen LogP) is 35.1. The van der Waals surface area contributed by atoms with Crippen molar-refractivity contribution in [3.05, 3.63) is 441 Å². The average Bonchev–Trinajstić information content (AvgIpc) is 1.53. The number of benzene rings is 16. The predicted molar refractivity (Wildman–Crippen MR) is 552 cm³/mol. The maximum Gasteiger partial charge on any atom is 0.0543 e. The molecule has 4 nitrogen and oxygen atoms in total. The molecule has 0 aliphatic heterocycles. The molecular formula is C124H120N4. The topological polar surface area (TPSA) is 13.0 Å². The highest BCUT2D eigenvalue weighted by atomic mass is 15.2. The van der Waals surface area contributed by atoms with Crippen molar-refractivity contribution in [2.45, 2.75) is 170 Å². The second-order valence-electron chi connectivity index (χ2n) is 40.7. The van der Waals surface area contributed by atoms with Gasteiger partial charge in [0.15, 0.2) is 0 Å². The molecule has 0 aromatic heterocycles. The van der Waals surface area contributed by atoms with Crippen molar-refractivity contribution in [3.63, 3.8) is 0 Å². The fourth-order valence-electron chi connectivity index (χ4n) is 19.2. The zero-order valence-corrected chi connectivity index (χ0v) is 78.0. The van der Waals surface area contributed by atoms with E-state index in [2.05, 4.69) is 520 Å². The van der Waals surface area contributed by atoms with Gasteiger partial charge in [-0.1, -0.05) is 345 Å². The molecule has 0 N–H and O–H groups in total. The molecule has 0 amide bonds. The van der Waals surface area contributed by atoms with E-state index >= 15 is 0 Å². The van der Waals surface area contributed by atoms with Crippen molar-refractivity contribution in [2.75, 3.05) is 19.6 Å². The summed E-state index contributed by atoms with van der Waals surface area (Å²) in [5, 5.41) is 2.52. The van der Waals surface area contributed by atoms with Crippen LogP contribution in [0.4, 0.5) is 68.2 Å². The highest BCUT2D eigenvalue weighted by Crippen LogP contribution is 2.60. The van der Waals surface area contributed by atoms with Crippen molar-refractivity contribution in [1.82, 2.24) is 0 Å². The minimum Gasteiger partial charge on any atom is -0.311 e. The van der Waals surface area contributed by atoms with E-state index in [1.54, 1.807) is 0 Å². The van der Waals surface area contributed by atoms with Crippen LogP contribution in [-0.2, 0) is 38.9 Å². The molecule has 18 rings (SSSR count). The Bertz CT molecular complexity index is 6680. The van der Waals surface area contributed by atoms with Gasteiger partial charge in [0.1, 0.15) is 0 Å². The van der Waals surface area contributed by atoms with Crippen molar-refractivity contribution in [1.29, 1.82) is 0 Å². The third kappa shape index (κ3) is 17.0. The van der Waals surface area contributed by atoms with E-state index in [1.807, 2.05) is 0 Å². The van der Waals surface area contributed by atoms with Crippen LogP contribution in [0.3, 0.4) is 0 Å². The molecule has 0 unspecified atom stereocenters. The third-order valence-electron chi connectivity index (χ3n) is 27.3. The van der Waals surface area contributed by atoms with Gasteiger partial charge in [-0.15, -0.1) is 0 Å². The third-order valence-corrected chi connectivity index (χ3v) is 27.3. The maximum atomic E-state index is 2.59. The number of aryl methyl sites for hydroxylation is 4. The summed E-state index contributed by atoms with van der Waals surface area (Å²) in [5.74, 6) is 0. The van der Waals surface area contributed by atoms with Crippen LogP contribution in [0.25, 0.3) is 68.5 Å². The molecular weight excluding hydrogens is 1550 g/mol. The molecule has 0 fully saturated rings. The maximum absolute atomic E-state index is 2.59. The highest BCUT2D eigenvalue weighted by Gasteiger charge is 2.44. The van der Waals surface area contributed by atoms with E-state index in [-0.39, 0.29) is 32.5 Å². The van der Waals surface area contributed by atoms with Gasteiger partial charge in [0.2, 0.25) is 0 Å². The Kier molecular flexibility index (Phi) is 22.4. The first-order chi connectivity index (χ1) is 61.3. The molecule has 0 bridgehead atoms. The normalized spacial score (nSPS) is 13.4. The summed E-state index contributed by atoms with van der Waals surface area (Å²) in [6.45, 7) is 41.7. The fraction of sp³-hybridized carbons (Fsp3) is 0.210. The van der Waals surface area contributed by atoms with Crippen LogP contribution in [-0.4, -0.2) is 0 Å². The van der Waals surface area contributed by atoms with Crippen molar-refractivity contribution in [3.8, 4) is 33.4 Å². The summed E-state index contributed by atoms with van der Waals surface area (Å²) in [4.78, 5) is 9.67. The molecule has 0 saturated heterocycles. The number of nitrogens with zero attached hydrogens (tertiary/aromatic N) is 4. The first-order valence-corrected chi connectivity index (χ1v) is 45.9. The molecule has 0 saturated carbocycles. The van der Waals surface area contributed by atoms with Crippen LogP contribution in [0.2, 0.25) is 0 Å². The summed E-state index contributed by atoms with van der Waals surface area (Å²) in [6, 6.07) is 133. The molecule has 0 atom stereocenters. The molecule has 0 radical (unpaired) electrons. The molecule has 0 spiro atoms. The standard InChI is InChI=1S/C124H120N4/c1-83-23-55-97(56-24-83)125(98-57-25-84(2)26-58-98)100-61-37-88(38-62-100)31-29-86-33-43-91(44-34-86)92-45-35-87(36-46-92)30-32-89-39-63-101(64-40-89)126(99-59-27-85(3)28-60-99)102-65-41-90(42-66-102)77-78-122(13,14)96-53-73-104(74-54-96)127(103-67-47-93(48-68-103)119(4,5)6)107-75-76-108-111-80-115-112(81-114(111)123(15,16)113(108)79-107)118-110-22-20-19-21-109(110)117(82-116(118)124(115,17)18)128(105-69-49-94(50-70-105)120(7,8)9)106-71-51-95(52-72-106)121(10,11)12/h19-76,79-82H,77-78H2,1-18H3/b31-29+,32-30+. The molecule has 636 valence electrons. The highest BCUT2D eigenvalue weighted by molar-refractivity contribution is 6.11. The van der Waals surface area contributed by atoms with Crippen LogP contribution >= 0.6 is 0 Å². The molecule has 16 aromatic carbocycles. The van der Waals surface area contributed by atoms with E-state index in [0.29, 0.717) is 0 Å². The number of anilines is 12. The zero-order chi connectivity index (χ0) is 89.3. The van der Waals surface area contributed by atoms with Gasteiger partial charge < -0.3 is 19.6 Å². The van der Waals surface area contributed by atoms with Crippen molar-refractivity contribution >= 4 is 103 Å². The molecule has 0 heterocycles. The first kappa shape index (κ1) is 85.3. The van der Waals surface area contributed by atoms with Crippen molar-refractivity contribution in [2.24, 2.45) is 0 Å². The van der Waals surface area contributed by atoms with Crippen LogP contribution in [0.15, 0.2) is 352 Å². The summed E-state index contributed by atoms with van der Waals surface area (Å²) in [6.07, 6.45) is 10.7. The second-order valence-corrected chi connectivity index (χ2v) is 40.7. The van der Waals surface area contributed by atoms with Crippen LogP contribution in [0, 0.1) is 20.8 Å². The zero-order valence-electron chi connectivity index (χ0n) is 78.0. The quantitative estimate of drug-likeness (QED) is 0.0665. The van der Waals surface area contributed by atoms with E-state index in [9.17, 15) is 0 Å². The monoisotopic (exact) mass is 1660 g/mol. The SMILES string of the molecule is Cc1ccc(N(c2ccc(C)cc2)c2ccc(/C=C/c3ccc(-c4ccc(/C=C/c5ccc(N(c6ccc(C)cc6)c6ccc(CCC(C)(C)c7ccc(N(c8ccc(C(C)(C)C)cc8)c8ccc9c(c8)C(C)(C)c8cc%10c(cc8-9)C(C)(C)c8cc(N(c9ccc(C(C)(C)C)cc9)c9ccc(C(C)(C)C)cc9)c9ccccc9c8-%10)cc7)cc6)cc5)cc4)cc3)cc2)cc1.